The van der Waals surface area contributed by atoms with E-state index in [9.17, 15) is 18.0 Å². The number of carbonyl (C=O) groups is 1. The lowest BCUT2D eigenvalue weighted by Gasteiger charge is -2.10. The molecule has 0 aliphatic heterocycles. The Hall–Kier alpha value is -1.54. The number of aliphatic carboxylic acids is 1. The Kier molecular flexibility index (Phi) is 6.03. The molecule has 1 rings (SSSR count). The van der Waals surface area contributed by atoms with E-state index in [0.717, 1.165) is 6.08 Å². The highest BCUT2D eigenvalue weighted by molar-refractivity contribution is 9.10. The summed E-state index contributed by atoms with van der Waals surface area (Å²) in [4.78, 5) is 10.4. The molecule has 0 aromatic heterocycles. The van der Waals surface area contributed by atoms with Gasteiger partial charge in [-0.25, -0.2) is 4.79 Å². The largest absolute Gasteiger partial charge is 0.478 e. The Labute approximate surface area is 120 Å². The van der Waals surface area contributed by atoms with Gasteiger partial charge in [-0.15, -0.1) is 0 Å². The van der Waals surface area contributed by atoms with E-state index < -0.39 is 25.5 Å². The predicted molar refractivity (Wildman–Crippen MR) is 68.3 cm³/mol. The van der Waals surface area contributed by atoms with Gasteiger partial charge in [0.05, 0.1) is 0 Å². The first-order chi connectivity index (χ1) is 9.28. The Morgan fingerprint density at radius 3 is 2.70 bits per heavy atom. The van der Waals surface area contributed by atoms with Crippen molar-refractivity contribution in [2.24, 2.45) is 0 Å². The van der Waals surface area contributed by atoms with Gasteiger partial charge in [0.2, 0.25) is 0 Å². The van der Waals surface area contributed by atoms with Crippen LogP contribution in [0.1, 0.15) is 5.56 Å². The number of halogens is 4. The summed E-state index contributed by atoms with van der Waals surface area (Å²) in [6.07, 6.45) is -2.14. The molecule has 0 atom stereocenters. The SMILES string of the molecule is O=C(O)/C=C/c1cc(OCOCC(F)(F)F)ccc1Br. The Morgan fingerprint density at radius 1 is 1.40 bits per heavy atom. The van der Waals surface area contributed by atoms with Crippen molar-refractivity contribution in [3.8, 4) is 5.75 Å². The Balaban J connectivity index is 2.59. The number of hydrogen-bond acceptors (Lipinski definition) is 3. The second-order valence-corrected chi connectivity index (χ2v) is 4.44. The smallest absolute Gasteiger partial charge is 0.411 e. The van der Waals surface area contributed by atoms with Crippen LogP contribution in [0.2, 0.25) is 0 Å². The van der Waals surface area contributed by atoms with Gasteiger partial charge in [0.15, 0.2) is 6.79 Å². The summed E-state index contributed by atoms with van der Waals surface area (Å²) in [7, 11) is 0. The third-order valence-electron chi connectivity index (χ3n) is 1.95. The zero-order valence-electron chi connectivity index (χ0n) is 9.98. The molecule has 1 N–H and O–H groups in total. The van der Waals surface area contributed by atoms with Gasteiger partial charge in [-0.05, 0) is 29.8 Å². The van der Waals surface area contributed by atoms with E-state index in [-0.39, 0.29) is 5.75 Å². The van der Waals surface area contributed by atoms with E-state index >= 15 is 0 Å². The topological polar surface area (TPSA) is 55.8 Å². The lowest BCUT2D eigenvalue weighted by Crippen LogP contribution is -2.19. The normalized spacial score (nSPS) is 11.8. The summed E-state index contributed by atoms with van der Waals surface area (Å²) < 4.78 is 45.4. The molecular formula is C12H10BrF3O4. The standard InChI is InChI=1S/C12H10BrF3O4/c13-10-3-2-9(5-8(10)1-4-11(17)18)20-7-19-6-12(14,15)16/h1-5H,6-7H2,(H,17,18)/b4-1+. The maximum atomic E-state index is 11.8. The minimum absolute atomic E-state index is 0.264. The van der Waals surface area contributed by atoms with Gasteiger partial charge in [0.1, 0.15) is 12.4 Å². The molecule has 20 heavy (non-hydrogen) atoms. The molecule has 1 aromatic rings. The number of ether oxygens (including phenoxy) is 2. The molecule has 1 aromatic carbocycles. The van der Waals surface area contributed by atoms with Crippen molar-refractivity contribution in [3.05, 3.63) is 34.3 Å². The molecule has 0 aliphatic carbocycles. The molecule has 0 saturated heterocycles. The average molecular weight is 355 g/mol. The number of carboxylic acids is 1. The summed E-state index contributed by atoms with van der Waals surface area (Å²) in [5, 5.41) is 8.52. The van der Waals surface area contributed by atoms with Crippen molar-refractivity contribution in [1.82, 2.24) is 0 Å². The molecule has 0 fully saturated rings. The lowest BCUT2D eigenvalue weighted by molar-refractivity contribution is -0.186. The van der Waals surface area contributed by atoms with Crippen LogP contribution in [0.25, 0.3) is 6.08 Å². The maximum absolute atomic E-state index is 11.8. The molecule has 0 heterocycles. The number of alkyl halides is 3. The van der Waals surface area contributed by atoms with Gasteiger partial charge in [-0.1, -0.05) is 15.9 Å². The van der Waals surface area contributed by atoms with Crippen LogP contribution in [-0.2, 0) is 9.53 Å². The third kappa shape index (κ3) is 6.58. The molecular weight excluding hydrogens is 345 g/mol. The third-order valence-corrected chi connectivity index (χ3v) is 2.67. The molecule has 4 nitrogen and oxygen atoms in total. The molecule has 8 heteroatoms. The van der Waals surface area contributed by atoms with E-state index in [0.29, 0.717) is 10.0 Å². The van der Waals surface area contributed by atoms with Crippen LogP contribution in [-0.4, -0.2) is 30.7 Å². The minimum atomic E-state index is -4.40. The second kappa shape index (κ2) is 7.30. The fourth-order valence-corrected chi connectivity index (χ4v) is 1.55. The van der Waals surface area contributed by atoms with Crippen molar-refractivity contribution >= 4 is 28.0 Å². The van der Waals surface area contributed by atoms with Crippen LogP contribution < -0.4 is 4.74 Å². The lowest BCUT2D eigenvalue weighted by atomic mass is 10.2. The van der Waals surface area contributed by atoms with E-state index in [1.165, 1.54) is 18.2 Å². The van der Waals surface area contributed by atoms with Gasteiger partial charge in [0, 0.05) is 10.5 Å². The zero-order chi connectivity index (χ0) is 15.2. The highest BCUT2D eigenvalue weighted by atomic mass is 79.9. The van der Waals surface area contributed by atoms with Gasteiger partial charge in [-0.2, -0.15) is 13.2 Å². The second-order valence-electron chi connectivity index (χ2n) is 3.58. The van der Waals surface area contributed by atoms with E-state index in [4.69, 9.17) is 9.84 Å². The van der Waals surface area contributed by atoms with Crippen LogP contribution in [0.4, 0.5) is 13.2 Å². The van der Waals surface area contributed by atoms with Crippen molar-refractivity contribution in [2.75, 3.05) is 13.4 Å². The summed E-state index contributed by atoms with van der Waals surface area (Å²) in [5.74, 6) is -0.850. The highest BCUT2D eigenvalue weighted by Gasteiger charge is 2.27. The van der Waals surface area contributed by atoms with E-state index in [2.05, 4.69) is 20.7 Å². The van der Waals surface area contributed by atoms with Crippen LogP contribution in [0.15, 0.2) is 28.7 Å². The van der Waals surface area contributed by atoms with Gasteiger partial charge in [0.25, 0.3) is 0 Å². The van der Waals surface area contributed by atoms with Crippen LogP contribution in [0.5, 0.6) is 5.75 Å². The first-order valence-electron chi connectivity index (χ1n) is 5.26. The first-order valence-corrected chi connectivity index (χ1v) is 6.05. The highest BCUT2D eigenvalue weighted by Crippen LogP contribution is 2.24. The molecule has 0 spiro atoms. The number of rotatable bonds is 6. The fourth-order valence-electron chi connectivity index (χ4n) is 1.17. The van der Waals surface area contributed by atoms with Crippen LogP contribution >= 0.6 is 15.9 Å². The molecule has 0 saturated carbocycles. The van der Waals surface area contributed by atoms with Gasteiger partial charge >= 0.3 is 12.1 Å². The van der Waals surface area contributed by atoms with Crippen molar-refractivity contribution < 1.29 is 32.5 Å². The average Bonchev–Trinajstić information content (AvgIpc) is 2.33. The molecule has 0 amide bonds. The number of carboxylic acid groups (broad SMARTS) is 1. The number of benzene rings is 1. The monoisotopic (exact) mass is 354 g/mol. The predicted octanol–water partition coefficient (Wildman–Crippen LogP) is 3.46. The van der Waals surface area contributed by atoms with E-state index in [1.807, 2.05) is 0 Å². The molecule has 0 bridgehead atoms. The fraction of sp³-hybridized carbons (Fsp3) is 0.250. The van der Waals surface area contributed by atoms with Gasteiger partial charge < -0.3 is 14.6 Å². The quantitative estimate of drug-likeness (QED) is 0.482. The van der Waals surface area contributed by atoms with Crippen molar-refractivity contribution in [2.45, 2.75) is 6.18 Å². The molecule has 0 radical (unpaired) electrons. The van der Waals surface area contributed by atoms with Gasteiger partial charge in [-0.3, -0.25) is 0 Å². The van der Waals surface area contributed by atoms with Crippen molar-refractivity contribution in [3.63, 3.8) is 0 Å². The zero-order valence-corrected chi connectivity index (χ0v) is 11.6. The molecule has 110 valence electrons. The van der Waals surface area contributed by atoms with Crippen LogP contribution in [0.3, 0.4) is 0 Å². The maximum Gasteiger partial charge on any atom is 0.411 e. The minimum Gasteiger partial charge on any atom is -0.478 e. The first kappa shape index (κ1) is 16.5. The van der Waals surface area contributed by atoms with Crippen LogP contribution in [0, 0.1) is 0 Å². The summed E-state index contributed by atoms with van der Waals surface area (Å²) in [5.41, 5.74) is 0.515. The Morgan fingerprint density at radius 2 is 2.10 bits per heavy atom. The van der Waals surface area contributed by atoms with Crippen molar-refractivity contribution in [1.29, 1.82) is 0 Å². The summed E-state index contributed by atoms with van der Waals surface area (Å²) >= 11 is 3.21. The molecule has 0 unspecified atom stereocenters. The Bertz CT molecular complexity index is 500. The summed E-state index contributed by atoms with van der Waals surface area (Å²) in [6.45, 7) is -1.95. The van der Waals surface area contributed by atoms with E-state index in [1.54, 1.807) is 6.07 Å². The number of hydrogen-bond donors (Lipinski definition) is 1. The molecule has 0 aliphatic rings. The summed E-state index contributed by atoms with van der Waals surface area (Å²) in [6, 6.07) is 4.57.